The number of hydrogen-bond donors (Lipinski definition) is 2. The van der Waals surface area contributed by atoms with Crippen molar-refractivity contribution in [3.8, 4) is 0 Å². The molecule has 0 aliphatic heterocycles. The number of hydrogen-bond acceptors (Lipinski definition) is 4. The molecule has 0 aliphatic carbocycles. The number of esters is 1. The predicted octanol–water partition coefficient (Wildman–Crippen LogP) is 2.26. The number of carbonyl (C=O) groups is 1. The van der Waals surface area contributed by atoms with E-state index in [0.29, 0.717) is 0 Å². The molecule has 5 heteroatoms. The van der Waals surface area contributed by atoms with Crippen LogP contribution in [0.25, 0.3) is 0 Å². The van der Waals surface area contributed by atoms with Crippen molar-refractivity contribution >= 4 is 28.6 Å². The third-order valence-electron chi connectivity index (χ3n) is 2.19. The van der Waals surface area contributed by atoms with Crippen molar-refractivity contribution < 1.29 is 14.7 Å². The van der Waals surface area contributed by atoms with Crippen molar-refractivity contribution in [1.82, 2.24) is 5.48 Å². The molecule has 1 rings (SSSR count). The summed E-state index contributed by atoms with van der Waals surface area (Å²) in [5, 5.41) is 9.09. The molecule has 1 aromatic carbocycles. The fraction of sp³-hybridized carbons (Fsp3) is 0.364. The highest BCUT2D eigenvalue weighted by Crippen LogP contribution is 2.20. The highest BCUT2D eigenvalue weighted by Gasteiger charge is 2.20. The Morgan fingerprint density at radius 2 is 2.00 bits per heavy atom. The van der Waals surface area contributed by atoms with Gasteiger partial charge in [0.05, 0.1) is 6.04 Å². The van der Waals surface area contributed by atoms with Gasteiger partial charge in [0.1, 0.15) is 6.10 Å². The molecule has 0 bridgehead atoms. The Morgan fingerprint density at radius 1 is 1.44 bits per heavy atom. The van der Waals surface area contributed by atoms with Gasteiger partial charge in [0.25, 0.3) is 0 Å². The van der Waals surface area contributed by atoms with Gasteiger partial charge in [0.2, 0.25) is 0 Å². The lowest BCUT2D eigenvalue weighted by Gasteiger charge is -2.22. The fourth-order valence-corrected chi connectivity index (χ4v) is 1.81. The van der Waals surface area contributed by atoms with Crippen LogP contribution in [-0.2, 0) is 9.53 Å². The van der Waals surface area contributed by atoms with Gasteiger partial charge in [-0.15, -0.1) is 0 Å². The first-order valence-corrected chi connectivity index (χ1v) is 5.94. The standard InChI is InChI=1S/C11H14INO3/c1-7(16-8(2)14)11(13-15)9-3-5-10(12)6-4-9/h3-7,11,13,15H,1-2H3. The van der Waals surface area contributed by atoms with Crippen molar-refractivity contribution in [2.45, 2.75) is 26.0 Å². The second-order valence-electron chi connectivity index (χ2n) is 3.47. The van der Waals surface area contributed by atoms with Crippen LogP contribution in [0.2, 0.25) is 0 Å². The van der Waals surface area contributed by atoms with Gasteiger partial charge in [-0.25, -0.2) is 0 Å². The molecule has 88 valence electrons. The summed E-state index contributed by atoms with van der Waals surface area (Å²) in [4.78, 5) is 10.8. The summed E-state index contributed by atoms with van der Waals surface area (Å²) in [5.41, 5.74) is 3.04. The summed E-state index contributed by atoms with van der Waals surface area (Å²) in [6.45, 7) is 3.08. The molecule has 0 amide bonds. The van der Waals surface area contributed by atoms with Crippen LogP contribution in [0.3, 0.4) is 0 Å². The Balaban J connectivity index is 2.81. The van der Waals surface area contributed by atoms with Gasteiger partial charge in [-0.05, 0) is 47.2 Å². The fourth-order valence-electron chi connectivity index (χ4n) is 1.45. The molecule has 4 nitrogen and oxygen atoms in total. The maximum atomic E-state index is 10.8. The minimum Gasteiger partial charge on any atom is -0.461 e. The van der Waals surface area contributed by atoms with Crippen LogP contribution in [-0.4, -0.2) is 17.3 Å². The molecule has 1 aromatic rings. The molecule has 2 N–H and O–H groups in total. The van der Waals surface area contributed by atoms with E-state index in [1.165, 1.54) is 6.92 Å². The summed E-state index contributed by atoms with van der Waals surface area (Å²) < 4.78 is 6.13. The van der Waals surface area contributed by atoms with E-state index < -0.39 is 12.1 Å². The second-order valence-corrected chi connectivity index (χ2v) is 4.72. The highest BCUT2D eigenvalue weighted by atomic mass is 127. The van der Waals surface area contributed by atoms with E-state index in [9.17, 15) is 4.79 Å². The largest absolute Gasteiger partial charge is 0.461 e. The van der Waals surface area contributed by atoms with E-state index >= 15 is 0 Å². The number of ether oxygens (including phenoxy) is 1. The van der Waals surface area contributed by atoms with Gasteiger partial charge >= 0.3 is 5.97 Å². The van der Waals surface area contributed by atoms with E-state index in [-0.39, 0.29) is 5.97 Å². The number of halogens is 1. The third-order valence-corrected chi connectivity index (χ3v) is 2.91. The second kappa shape index (κ2) is 6.17. The molecule has 16 heavy (non-hydrogen) atoms. The van der Waals surface area contributed by atoms with Gasteiger partial charge in [-0.3, -0.25) is 4.79 Å². The Kier molecular flexibility index (Phi) is 5.17. The van der Waals surface area contributed by atoms with E-state index in [1.807, 2.05) is 24.3 Å². The molecule has 2 atom stereocenters. The van der Waals surface area contributed by atoms with Crippen LogP contribution in [0.15, 0.2) is 24.3 Å². The number of rotatable bonds is 4. The summed E-state index contributed by atoms with van der Waals surface area (Å²) >= 11 is 2.20. The Labute approximate surface area is 108 Å². The normalized spacial score (nSPS) is 14.2. The number of hydroxylamine groups is 1. The molecule has 0 radical (unpaired) electrons. The lowest BCUT2D eigenvalue weighted by atomic mass is 10.0. The highest BCUT2D eigenvalue weighted by molar-refractivity contribution is 14.1. The minimum atomic E-state index is -0.428. The number of carbonyl (C=O) groups excluding carboxylic acids is 1. The Bertz CT molecular complexity index is 353. The van der Waals surface area contributed by atoms with Crippen molar-refractivity contribution in [1.29, 1.82) is 0 Å². The first kappa shape index (κ1) is 13.4. The SMILES string of the molecule is CC(=O)OC(C)C(NO)c1ccc(I)cc1. The van der Waals surface area contributed by atoms with Crippen LogP contribution in [0.1, 0.15) is 25.5 Å². The molecule has 0 saturated carbocycles. The zero-order chi connectivity index (χ0) is 12.1. The van der Waals surface area contributed by atoms with Crippen molar-refractivity contribution in [3.63, 3.8) is 0 Å². The van der Waals surface area contributed by atoms with Gasteiger partial charge < -0.3 is 9.94 Å². The van der Waals surface area contributed by atoms with Crippen molar-refractivity contribution in [3.05, 3.63) is 33.4 Å². The first-order chi connectivity index (χ1) is 7.54. The zero-order valence-corrected chi connectivity index (χ0v) is 11.3. The molecule has 0 heterocycles. The Morgan fingerprint density at radius 3 is 2.44 bits per heavy atom. The van der Waals surface area contributed by atoms with E-state index in [0.717, 1.165) is 9.13 Å². The van der Waals surface area contributed by atoms with Crippen LogP contribution in [0.4, 0.5) is 0 Å². The van der Waals surface area contributed by atoms with E-state index in [1.54, 1.807) is 6.92 Å². The van der Waals surface area contributed by atoms with E-state index in [2.05, 4.69) is 28.1 Å². The van der Waals surface area contributed by atoms with Crippen LogP contribution < -0.4 is 5.48 Å². The molecule has 2 unspecified atom stereocenters. The molecular weight excluding hydrogens is 321 g/mol. The van der Waals surface area contributed by atoms with E-state index in [4.69, 9.17) is 9.94 Å². The van der Waals surface area contributed by atoms with Crippen molar-refractivity contribution in [2.24, 2.45) is 0 Å². The molecular formula is C11H14INO3. The predicted molar refractivity (Wildman–Crippen MR) is 68.1 cm³/mol. The minimum absolute atomic E-state index is 0.363. The number of nitrogens with one attached hydrogen (secondary N) is 1. The lowest BCUT2D eigenvalue weighted by molar-refractivity contribution is -0.148. The van der Waals surface area contributed by atoms with Gasteiger partial charge in [-0.1, -0.05) is 12.1 Å². The number of benzene rings is 1. The van der Waals surface area contributed by atoms with Gasteiger partial charge in [0, 0.05) is 10.5 Å². The van der Waals surface area contributed by atoms with Gasteiger partial charge in [-0.2, -0.15) is 5.48 Å². The average Bonchev–Trinajstić information content (AvgIpc) is 2.21. The monoisotopic (exact) mass is 335 g/mol. The molecule has 0 saturated heterocycles. The topological polar surface area (TPSA) is 58.6 Å². The summed E-state index contributed by atoms with van der Waals surface area (Å²) in [7, 11) is 0. The zero-order valence-electron chi connectivity index (χ0n) is 9.11. The van der Waals surface area contributed by atoms with Crippen LogP contribution >= 0.6 is 22.6 Å². The molecule has 0 spiro atoms. The summed E-state index contributed by atoms with van der Waals surface area (Å²) in [6, 6.07) is 7.22. The molecule has 0 aliphatic rings. The lowest BCUT2D eigenvalue weighted by Crippen LogP contribution is -2.31. The van der Waals surface area contributed by atoms with Gasteiger partial charge in [0.15, 0.2) is 0 Å². The first-order valence-electron chi connectivity index (χ1n) is 4.87. The summed E-state index contributed by atoms with van der Waals surface area (Å²) in [6.07, 6.45) is -0.428. The Hall–Kier alpha value is -0.660. The summed E-state index contributed by atoms with van der Waals surface area (Å²) in [5.74, 6) is -0.363. The van der Waals surface area contributed by atoms with Crippen molar-refractivity contribution in [2.75, 3.05) is 0 Å². The molecule has 0 fully saturated rings. The van der Waals surface area contributed by atoms with Crippen LogP contribution in [0, 0.1) is 3.57 Å². The third kappa shape index (κ3) is 3.73. The van der Waals surface area contributed by atoms with Crippen LogP contribution in [0.5, 0.6) is 0 Å². The maximum Gasteiger partial charge on any atom is 0.302 e. The quantitative estimate of drug-likeness (QED) is 0.503. The maximum absolute atomic E-state index is 10.8. The molecule has 0 aromatic heterocycles. The average molecular weight is 335 g/mol. The smallest absolute Gasteiger partial charge is 0.302 e.